The molecule has 0 bridgehead atoms. The fourth-order valence-corrected chi connectivity index (χ4v) is 0. The Labute approximate surface area is 93.5 Å². The molecule has 0 aromatic heterocycles. The minimum Gasteiger partial charge on any atom is -0.372 e. The van der Waals surface area contributed by atoms with Crippen molar-refractivity contribution < 1.29 is 59.7 Å². The van der Waals surface area contributed by atoms with Gasteiger partial charge in [-0.1, -0.05) is 0 Å². The van der Waals surface area contributed by atoms with E-state index in [9.17, 15) is 0 Å². The van der Waals surface area contributed by atoms with E-state index in [0.717, 1.165) is 6.42 Å². The maximum Gasteiger partial charge on any atom is 1.00 e. The summed E-state index contributed by atoms with van der Waals surface area (Å²) >= 11 is 0. The summed E-state index contributed by atoms with van der Waals surface area (Å²) in [5, 5.41) is 0. The molecule has 0 aliphatic carbocycles. The molecule has 40 valence electrons. The SMILES string of the molecule is [CH2-]C[CH2-].[CH3-].[CH3-].[Li+].[Nd]. The van der Waals surface area contributed by atoms with E-state index in [0.29, 0.717) is 0 Å². The summed E-state index contributed by atoms with van der Waals surface area (Å²) in [4.78, 5) is 0. The molecule has 0 N–H and O–H groups in total. The fraction of sp³-hybridized carbons (Fsp3) is 0.200. The van der Waals surface area contributed by atoms with E-state index in [-0.39, 0.29) is 74.6 Å². The third-order valence-corrected chi connectivity index (χ3v) is 0. The summed E-state index contributed by atoms with van der Waals surface area (Å²) < 4.78 is 0. The van der Waals surface area contributed by atoms with Crippen molar-refractivity contribution in [2.45, 2.75) is 6.42 Å². The molecule has 0 aliphatic rings. The average Bonchev–Trinajstić information content (AvgIpc) is 0.918. The Kier molecular flexibility index (Phi) is 229. The van der Waals surface area contributed by atoms with Crippen LogP contribution in [0.4, 0.5) is 0 Å². The van der Waals surface area contributed by atoms with Crippen molar-refractivity contribution in [3.63, 3.8) is 0 Å². The monoisotopic (exact) mass is 221 g/mol. The zero-order valence-corrected chi connectivity index (χ0v) is 8.83. The molecule has 0 aliphatic heterocycles. The van der Waals surface area contributed by atoms with Crippen molar-refractivity contribution in [3.8, 4) is 0 Å². The molecular weight excluding hydrogens is 211 g/mol. The van der Waals surface area contributed by atoms with E-state index in [1.807, 2.05) is 0 Å². The van der Waals surface area contributed by atoms with E-state index in [2.05, 4.69) is 13.8 Å². The van der Waals surface area contributed by atoms with Gasteiger partial charge in [0, 0.05) is 40.8 Å². The van der Waals surface area contributed by atoms with Crippen LogP contribution in [-0.2, 0) is 0 Å². The van der Waals surface area contributed by atoms with Crippen LogP contribution in [0.15, 0.2) is 0 Å². The molecule has 0 rings (SSSR count). The van der Waals surface area contributed by atoms with Gasteiger partial charge in [-0.15, -0.1) is 0 Å². The first-order valence-electron chi connectivity index (χ1n) is 1.000. The molecule has 0 amide bonds. The minimum atomic E-state index is 0. The summed E-state index contributed by atoms with van der Waals surface area (Å²) in [5.74, 6) is 0. The Morgan fingerprint density at radius 1 is 1.00 bits per heavy atom. The smallest absolute Gasteiger partial charge is 0.372 e. The second kappa shape index (κ2) is 44.1. The van der Waals surface area contributed by atoms with Gasteiger partial charge < -0.3 is 35.1 Å². The zero-order valence-electron chi connectivity index (χ0n) is 5.62. The summed E-state index contributed by atoms with van der Waals surface area (Å²) in [6.07, 6.45) is 0.750. The summed E-state index contributed by atoms with van der Waals surface area (Å²) in [6, 6.07) is 0. The fourth-order valence-electron chi connectivity index (χ4n) is 0. The van der Waals surface area contributed by atoms with E-state index in [1.54, 1.807) is 0 Å². The van der Waals surface area contributed by atoms with Crippen molar-refractivity contribution in [1.29, 1.82) is 0 Å². The van der Waals surface area contributed by atoms with Crippen molar-refractivity contribution in [2.75, 3.05) is 0 Å². The molecule has 0 fully saturated rings. The zero-order chi connectivity index (χ0) is 2.71. The summed E-state index contributed by atoms with van der Waals surface area (Å²) in [7, 11) is 0. The molecule has 0 saturated carbocycles. The van der Waals surface area contributed by atoms with E-state index in [4.69, 9.17) is 0 Å². The largest absolute Gasteiger partial charge is 1.00 e. The Morgan fingerprint density at radius 2 is 1.00 bits per heavy atom. The van der Waals surface area contributed by atoms with Crippen molar-refractivity contribution in [1.82, 2.24) is 0 Å². The van der Waals surface area contributed by atoms with E-state index >= 15 is 0 Å². The molecule has 0 spiro atoms. The third kappa shape index (κ3) is 74.1. The van der Waals surface area contributed by atoms with Gasteiger partial charge in [-0.3, -0.25) is 0 Å². The molecule has 0 heterocycles. The average molecular weight is 223 g/mol. The van der Waals surface area contributed by atoms with Gasteiger partial charge in [0.05, 0.1) is 0 Å². The van der Waals surface area contributed by atoms with Gasteiger partial charge in [0.15, 0.2) is 0 Å². The van der Waals surface area contributed by atoms with Crippen molar-refractivity contribution >= 4 is 0 Å². The van der Waals surface area contributed by atoms with Gasteiger partial charge in [-0.2, -0.15) is 0 Å². The molecular formula is C5H12LiNd-3. The predicted octanol–water partition coefficient (Wildman–Crippen LogP) is -1.05. The number of hydrogen-bond acceptors (Lipinski definition) is 0. The Balaban J connectivity index is -0.00000000333. The maximum absolute atomic E-state index is 3.38. The predicted molar refractivity (Wildman–Crippen MR) is 28.2 cm³/mol. The van der Waals surface area contributed by atoms with Crippen LogP contribution < -0.4 is 18.9 Å². The molecule has 0 nitrogen and oxygen atoms in total. The van der Waals surface area contributed by atoms with Crippen LogP contribution in [0.25, 0.3) is 0 Å². The normalized spacial score (nSPS) is 2.57. The first kappa shape index (κ1) is 36.3. The molecule has 0 saturated heterocycles. The van der Waals surface area contributed by atoms with Crippen LogP contribution in [0.1, 0.15) is 6.42 Å². The van der Waals surface area contributed by atoms with Gasteiger partial charge in [-0.25, -0.2) is 0 Å². The van der Waals surface area contributed by atoms with Crippen LogP contribution in [0, 0.1) is 69.5 Å². The van der Waals surface area contributed by atoms with Crippen LogP contribution >= 0.6 is 0 Å². The number of hydrogen-bond donors (Lipinski definition) is 0. The van der Waals surface area contributed by atoms with Gasteiger partial charge in [0.25, 0.3) is 0 Å². The first-order chi connectivity index (χ1) is 1.41. The molecule has 0 atom stereocenters. The molecule has 0 aromatic rings. The van der Waals surface area contributed by atoms with Crippen molar-refractivity contribution in [3.05, 3.63) is 28.7 Å². The first-order valence-corrected chi connectivity index (χ1v) is 1.000. The Hall–Kier alpha value is 1.95. The molecule has 0 radical (unpaired) electrons. The van der Waals surface area contributed by atoms with E-state index in [1.165, 1.54) is 0 Å². The van der Waals surface area contributed by atoms with Crippen LogP contribution in [-0.4, -0.2) is 0 Å². The molecule has 0 unspecified atom stereocenters. The molecule has 7 heavy (non-hydrogen) atoms. The van der Waals surface area contributed by atoms with Crippen LogP contribution in [0.3, 0.4) is 0 Å². The third-order valence-electron chi connectivity index (χ3n) is 0. The maximum atomic E-state index is 3.38. The summed E-state index contributed by atoms with van der Waals surface area (Å²) in [6.45, 7) is 6.75. The van der Waals surface area contributed by atoms with Gasteiger partial charge >= 0.3 is 18.9 Å². The molecule has 0 aromatic carbocycles. The van der Waals surface area contributed by atoms with E-state index < -0.39 is 0 Å². The Morgan fingerprint density at radius 3 is 1.00 bits per heavy atom. The van der Waals surface area contributed by atoms with Gasteiger partial charge in [0.2, 0.25) is 0 Å². The van der Waals surface area contributed by atoms with Crippen LogP contribution in [0.5, 0.6) is 0 Å². The molecule has 2 heteroatoms. The van der Waals surface area contributed by atoms with Crippen LogP contribution in [0.2, 0.25) is 0 Å². The standard InChI is InChI=1S/C3H6.2CH3.Li.Nd/c1-3-2;;;;/h1-3H2;2*1H3;;/q-2;2*-1;+1;. The van der Waals surface area contributed by atoms with Gasteiger partial charge in [0.1, 0.15) is 0 Å². The number of rotatable bonds is 0. The second-order valence-electron chi connectivity index (χ2n) is 0.354. The van der Waals surface area contributed by atoms with Crippen molar-refractivity contribution in [2.24, 2.45) is 0 Å². The topological polar surface area (TPSA) is 0 Å². The second-order valence-corrected chi connectivity index (χ2v) is 0.354. The Bertz CT molecular complexity index is 8.04. The summed E-state index contributed by atoms with van der Waals surface area (Å²) in [5.41, 5.74) is 0. The van der Waals surface area contributed by atoms with Gasteiger partial charge in [-0.05, 0) is 0 Å². The minimum absolute atomic E-state index is 0. The quantitative estimate of drug-likeness (QED) is 0.363.